The fourth-order valence-corrected chi connectivity index (χ4v) is 1.87. The number of alkyl halides is 3. The summed E-state index contributed by atoms with van der Waals surface area (Å²) in [7, 11) is 0. The molecule has 0 heterocycles. The van der Waals surface area contributed by atoms with Crippen molar-refractivity contribution >= 4 is 6.09 Å². The Labute approximate surface area is 136 Å². The monoisotopic (exact) mass is 351 g/mol. The van der Waals surface area contributed by atoms with Gasteiger partial charge in [0, 0.05) is 6.54 Å². The lowest BCUT2D eigenvalue weighted by atomic mass is 9.97. The number of aromatic hydroxyl groups is 1. The van der Waals surface area contributed by atoms with Crippen molar-refractivity contribution in [1.29, 1.82) is 0 Å². The van der Waals surface area contributed by atoms with Gasteiger partial charge in [-0.05, 0) is 38.5 Å². The van der Waals surface area contributed by atoms with E-state index in [2.05, 4.69) is 5.32 Å². The first kappa shape index (κ1) is 20.0. The second kappa shape index (κ2) is 7.27. The standard InChI is InChI=1S/C15H20F3NO5/c1-14(2,3)24-13(23)19-7-11(21)12(22)9-5-4-8(20)6-10(9)15(16,17)18/h4-6,11-12,20-22H,7H2,1-3H3,(H,19,23). The van der Waals surface area contributed by atoms with Crippen molar-refractivity contribution in [3.8, 4) is 5.75 Å². The summed E-state index contributed by atoms with van der Waals surface area (Å²) in [6.45, 7) is 4.33. The van der Waals surface area contributed by atoms with Crippen LogP contribution in [0.5, 0.6) is 5.75 Å². The molecule has 0 fully saturated rings. The highest BCUT2D eigenvalue weighted by Gasteiger charge is 2.37. The summed E-state index contributed by atoms with van der Waals surface area (Å²) in [5, 5.41) is 31.1. The number of aliphatic hydroxyl groups excluding tert-OH is 2. The highest BCUT2D eigenvalue weighted by Crippen LogP contribution is 2.37. The van der Waals surface area contributed by atoms with E-state index in [1.54, 1.807) is 20.8 Å². The number of carbonyl (C=O) groups excluding carboxylic acids is 1. The van der Waals surface area contributed by atoms with Crippen molar-refractivity contribution in [2.24, 2.45) is 0 Å². The predicted octanol–water partition coefficient (Wildman–Crippen LogP) is 2.33. The number of nitrogens with one attached hydrogen (secondary N) is 1. The molecule has 2 atom stereocenters. The van der Waals surface area contributed by atoms with E-state index < -0.39 is 53.5 Å². The van der Waals surface area contributed by atoms with Crippen LogP contribution in [0.4, 0.5) is 18.0 Å². The van der Waals surface area contributed by atoms with Crippen LogP contribution in [0, 0.1) is 0 Å². The molecule has 0 aliphatic heterocycles. The summed E-state index contributed by atoms with van der Waals surface area (Å²) < 4.78 is 43.8. The van der Waals surface area contributed by atoms with E-state index in [0.29, 0.717) is 6.07 Å². The first-order valence-corrected chi connectivity index (χ1v) is 7.04. The Morgan fingerprint density at radius 3 is 2.33 bits per heavy atom. The molecule has 0 aliphatic rings. The zero-order valence-electron chi connectivity index (χ0n) is 13.4. The molecule has 0 saturated heterocycles. The van der Waals surface area contributed by atoms with Gasteiger partial charge in [-0.2, -0.15) is 13.2 Å². The Kier molecular flexibility index (Phi) is 6.07. The third-order valence-electron chi connectivity index (χ3n) is 2.88. The first-order chi connectivity index (χ1) is 10.8. The van der Waals surface area contributed by atoms with Crippen molar-refractivity contribution in [1.82, 2.24) is 5.32 Å². The number of rotatable bonds is 4. The number of alkyl carbamates (subject to hydrolysis) is 1. The van der Waals surface area contributed by atoms with Gasteiger partial charge >= 0.3 is 12.3 Å². The largest absolute Gasteiger partial charge is 0.508 e. The van der Waals surface area contributed by atoms with Gasteiger partial charge < -0.3 is 25.4 Å². The number of carbonyl (C=O) groups is 1. The molecule has 1 aromatic carbocycles. The molecule has 2 unspecified atom stereocenters. The van der Waals surface area contributed by atoms with Crippen LogP contribution in [0.2, 0.25) is 0 Å². The van der Waals surface area contributed by atoms with Crippen LogP contribution in [-0.2, 0) is 10.9 Å². The van der Waals surface area contributed by atoms with Crippen LogP contribution in [0.25, 0.3) is 0 Å². The van der Waals surface area contributed by atoms with E-state index in [-0.39, 0.29) is 0 Å². The lowest BCUT2D eigenvalue weighted by Gasteiger charge is -2.24. The van der Waals surface area contributed by atoms with Gasteiger partial charge in [-0.25, -0.2) is 4.79 Å². The molecule has 0 aliphatic carbocycles. The van der Waals surface area contributed by atoms with Crippen LogP contribution >= 0.6 is 0 Å². The number of halogens is 3. The zero-order chi connectivity index (χ0) is 18.7. The summed E-state index contributed by atoms with van der Waals surface area (Å²) in [6, 6.07) is 2.27. The van der Waals surface area contributed by atoms with Gasteiger partial charge in [0.25, 0.3) is 0 Å². The molecule has 0 saturated carbocycles. The quantitative estimate of drug-likeness (QED) is 0.667. The van der Waals surface area contributed by atoms with Gasteiger partial charge in [-0.1, -0.05) is 6.07 Å². The van der Waals surface area contributed by atoms with Gasteiger partial charge in [0.2, 0.25) is 0 Å². The summed E-state index contributed by atoms with van der Waals surface area (Å²) in [5.41, 5.74) is -2.67. The predicted molar refractivity (Wildman–Crippen MR) is 78.3 cm³/mol. The third kappa shape index (κ3) is 5.89. The topological polar surface area (TPSA) is 99.0 Å². The molecule has 0 radical (unpaired) electrons. The molecule has 24 heavy (non-hydrogen) atoms. The second-order valence-electron chi connectivity index (χ2n) is 6.16. The molecule has 1 amide bonds. The highest BCUT2D eigenvalue weighted by atomic mass is 19.4. The van der Waals surface area contributed by atoms with Crippen molar-refractivity contribution in [2.75, 3.05) is 6.54 Å². The first-order valence-electron chi connectivity index (χ1n) is 7.04. The number of ether oxygens (including phenoxy) is 1. The Bertz CT molecular complexity index is 583. The Hall–Kier alpha value is -2.00. The molecular formula is C15H20F3NO5. The maximum atomic E-state index is 13.0. The Morgan fingerprint density at radius 2 is 1.83 bits per heavy atom. The molecular weight excluding hydrogens is 331 g/mol. The SMILES string of the molecule is CC(C)(C)OC(=O)NCC(O)C(O)c1ccc(O)cc1C(F)(F)F. The van der Waals surface area contributed by atoms with Crippen molar-refractivity contribution in [2.45, 2.75) is 44.8 Å². The minimum absolute atomic E-state index is 0.451. The van der Waals surface area contributed by atoms with Crippen molar-refractivity contribution in [3.05, 3.63) is 29.3 Å². The maximum Gasteiger partial charge on any atom is 0.416 e. The molecule has 4 N–H and O–H groups in total. The lowest BCUT2D eigenvalue weighted by Crippen LogP contribution is -2.39. The summed E-state index contributed by atoms with van der Waals surface area (Å²) in [6.07, 6.45) is -9.33. The molecule has 0 bridgehead atoms. The fourth-order valence-electron chi connectivity index (χ4n) is 1.87. The number of phenolic OH excluding ortho intramolecular Hbond substituents is 1. The van der Waals surface area contributed by atoms with E-state index in [0.717, 1.165) is 12.1 Å². The average molecular weight is 351 g/mol. The highest BCUT2D eigenvalue weighted by molar-refractivity contribution is 5.67. The van der Waals surface area contributed by atoms with Gasteiger partial charge in [-0.3, -0.25) is 0 Å². The number of hydrogen-bond donors (Lipinski definition) is 4. The van der Waals surface area contributed by atoms with Crippen molar-refractivity contribution < 1.29 is 38.0 Å². The van der Waals surface area contributed by atoms with Crippen LogP contribution in [0.1, 0.15) is 38.0 Å². The average Bonchev–Trinajstić information content (AvgIpc) is 2.41. The van der Waals surface area contributed by atoms with Crippen LogP contribution in [0.3, 0.4) is 0 Å². The maximum absolute atomic E-state index is 13.0. The molecule has 1 aromatic rings. The van der Waals surface area contributed by atoms with Crippen molar-refractivity contribution in [3.63, 3.8) is 0 Å². The van der Waals surface area contributed by atoms with Gasteiger partial charge in [0.1, 0.15) is 23.6 Å². The molecule has 0 spiro atoms. The molecule has 9 heteroatoms. The molecule has 136 valence electrons. The van der Waals surface area contributed by atoms with Gasteiger partial charge in [0.05, 0.1) is 5.56 Å². The van der Waals surface area contributed by atoms with E-state index in [9.17, 15) is 33.3 Å². The van der Waals surface area contributed by atoms with E-state index in [4.69, 9.17) is 4.74 Å². The van der Waals surface area contributed by atoms with Gasteiger partial charge in [-0.15, -0.1) is 0 Å². The molecule has 1 rings (SSSR count). The van der Waals surface area contributed by atoms with E-state index in [1.165, 1.54) is 0 Å². The normalized spacial score (nSPS) is 14.8. The Morgan fingerprint density at radius 1 is 1.25 bits per heavy atom. The number of phenols is 1. The lowest BCUT2D eigenvalue weighted by molar-refractivity contribution is -0.140. The second-order valence-corrected chi connectivity index (χ2v) is 6.16. The van der Waals surface area contributed by atoms with Crippen LogP contribution < -0.4 is 5.32 Å². The van der Waals surface area contributed by atoms with E-state index >= 15 is 0 Å². The minimum Gasteiger partial charge on any atom is -0.508 e. The minimum atomic E-state index is -4.83. The zero-order valence-corrected chi connectivity index (χ0v) is 13.4. The smallest absolute Gasteiger partial charge is 0.416 e. The summed E-state index contributed by atoms with van der Waals surface area (Å²) >= 11 is 0. The summed E-state index contributed by atoms with van der Waals surface area (Å²) in [4.78, 5) is 11.5. The third-order valence-corrected chi connectivity index (χ3v) is 2.88. The number of benzene rings is 1. The Balaban J connectivity index is 2.83. The van der Waals surface area contributed by atoms with Crippen LogP contribution in [0.15, 0.2) is 18.2 Å². The number of aliphatic hydroxyl groups is 2. The van der Waals surface area contributed by atoms with Crippen LogP contribution in [-0.4, -0.2) is 39.7 Å². The van der Waals surface area contributed by atoms with E-state index in [1.807, 2.05) is 0 Å². The molecule has 6 nitrogen and oxygen atoms in total. The molecule has 0 aromatic heterocycles. The fraction of sp³-hybridized carbons (Fsp3) is 0.533. The van der Waals surface area contributed by atoms with Gasteiger partial charge in [0.15, 0.2) is 0 Å². The number of hydrogen-bond acceptors (Lipinski definition) is 5. The summed E-state index contributed by atoms with van der Waals surface area (Å²) in [5.74, 6) is -0.625. The number of amides is 1.